The van der Waals surface area contributed by atoms with Gasteiger partial charge in [0.15, 0.2) is 0 Å². The number of aliphatic hydroxyl groups excluding tert-OH is 1. The van der Waals surface area contributed by atoms with Gasteiger partial charge in [-0.2, -0.15) is 0 Å². The number of hydrogen-bond donors (Lipinski definition) is 2. The topological polar surface area (TPSA) is 86.7 Å². The van der Waals surface area contributed by atoms with Gasteiger partial charge in [-0.05, 0) is 50.7 Å². The Morgan fingerprint density at radius 1 is 1.11 bits per heavy atom. The highest BCUT2D eigenvalue weighted by molar-refractivity contribution is 7.89. The minimum absolute atomic E-state index is 0.0784. The lowest BCUT2D eigenvalue weighted by Gasteiger charge is -2.46. The van der Waals surface area contributed by atoms with Gasteiger partial charge < -0.3 is 10.0 Å². The standard InChI is InChI=1S/C20H30N2O4S/c1-14-4-10-18(11-5-14)27(25,26)21-16-12-22(13-16)19(24)20(2,3)15-6-8-17(23)9-7-15/h4-5,10-11,15-17,21,23H,6-9,12-13H2,1-3H3. The van der Waals surface area contributed by atoms with Crippen molar-refractivity contribution in [3.8, 4) is 0 Å². The zero-order valence-corrected chi connectivity index (χ0v) is 17.1. The maximum absolute atomic E-state index is 12.9. The minimum Gasteiger partial charge on any atom is -0.393 e. The Morgan fingerprint density at radius 3 is 2.22 bits per heavy atom. The first-order valence-electron chi connectivity index (χ1n) is 9.66. The summed E-state index contributed by atoms with van der Waals surface area (Å²) in [6.45, 7) is 6.67. The normalized spacial score (nSPS) is 24.5. The Labute approximate surface area is 162 Å². The van der Waals surface area contributed by atoms with Crippen LogP contribution in [-0.2, 0) is 14.8 Å². The number of benzene rings is 1. The lowest BCUT2D eigenvalue weighted by atomic mass is 9.69. The maximum atomic E-state index is 12.9. The smallest absolute Gasteiger partial charge is 0.240 e. The Kier molecular flexibility index (Phi) is 5.66. The molecule has 0 unspecified atom stereocenters. The molecule has 3 rings (SSSR count). The predicted octanol–water partition coefficient (Wildman–Crippen LogP) is 2.06. The van der Waals surface area contributed by atoms with Crippen LogP contribution in [0.4, 0.5) is 0 Å². The molecular formula is C20H30N2O4S. The summed E-state index contributed by atoms with van der Waals surface area (Å²) in [5.74, 6) is 0.339. The van der Waals surface area contributed by atoms with E-state index in [-0.39, 0.29) is 28.9 Å². The van der Waals surface area contributed by atoms with Gasteiger partial charge in [-0.15, -0.1) is 0 Å². The molecule has 1 aliphatic heterocycles. The summed E-state index contributed by atoms with van der Waals surface area (Å²) in [6.07, 6.45) is 2.98. The first kappa shape index (κ1) is 20.3. The molecule has 1 aliphatic carbocycles. The average molecular weight is 395 g/mol. The van der Waals surface area contributed by atoms with Crippen molar-refractivity contribution < 1.29 is 18.3 Å². The third-order valence-corrected chi connectivity index (χ3v) is 7.63. The van der Waals surface area contributed by atoms with Gasteiger partial charge in [0.1, 0.15) is 0 Å². The molecule has 1 saturated heterocycles. The van der Waals surface area contributed by atoms with Crippen LogP contribution in [0.5, 0.6) is 0 Å². The molecule has 0 atom stereocenters. The summed E-state index contributed by atoms with van der Waals surface area (Å²) in [7, 11) is -3.56. The highest BCUT2D eigenvalue weighted by Gasteiger charge is 2.44. The quantitative estimate of drug-likeness (QED) is 0.800. The fraction of sp³-hybridized carbons (Fsp3) is 0.650. The molecule has 6 nitrogen and oxygen atoms in total. The van der Waals surface area contributed by atoms with Crippen LogP contribution in [0.25, 0.3) is 0 Å². The van der Waals surface area contributed by atoms with Crippen molar-refractivity contribution in [3.63, 3.8) is 0 Å². The van der Waals surface area contributed by atoms with E-state index in [0.717, 1.165) is 31.2 Å². The molecule has 1 aromatic carbocycles. The number of aliphatic hydroxyl groups is 1. The molecule has 1 saturated carbocycles. The molecule has 2 aliphatic rings. The molecule has 1 aromatic rings. The van der Waals surface area contributed by atoms with Crippen molar-refractivity contribution in [1.29, 1.82) is 0 Å². The Bertz CT molecular complexity index is 775. The number of hydrogen-bond acceptors (Lipinski definition) is 4. The first-order valence-corrected chi connectivity index (χ1v) is 11.1. The van der Waals surface area contributed by atoms with E-state index >= 15 is 0 Å². The van der Waals surface area contributed by atoms with Gasteiger partial charge >= 0.3 is 0 Å². The summed E-state index contributed by atoms with van der Waals surface area (Å²) >= 11 is 0. The number of carbonyl (C=O) groups is 1. The van der Waals surface area contributed by atoms with Crippen LogP contribution in [-0.4, -0.2) is 49.6 Å². The minimum atomic E-state index is -3.56. The highest BCUT2D eigenvalue weighted by Crippen LogP contribution is 2.40. The van der Waals surface area contributed by atoms with Crippen molar-refractivity contribution in [1.82, 2.24) is 9.62 Å². The van der Waals surface area contributed by atoms with E-state index < -0.39 is 15.4 Å². The highest BCUT2D eigenvalue weighted by atomic mass is 32.2. The van der Waals surface area contributed by atoms with Crippen LogP contribution < -0.4 is 4.72 Å². The van der Waals surface area contributed by atoms with Gasteiger partial charge in [-0.1, -0.05) is 31.5 Å². The average Bonchev–Trinajstić information content (AvgIpc) is 2.58. The summed E-state index contributed by atoms with van der Waals surface area (Å²) in [4.78, 5) is 14.9. The number of aryl methyl sites for hydroxylation is 1. The van der Waals surface area contributed by atoms with Crippen molar-refractivity contribution >= 4 is 15.9 Å². The first-order chi connectivity index (χ1) is 12.6. The Morgan fingerprint density at radius 2 is 1.67 bits per heavy atom. The molecule has 0 spiro atoms. The zero-order chi connectivity index (χ0) is 19.8. The van der Waals surface area contributed by atoms with E-state index in [0.29, 0.717) is 13.1 Å². The van der Waals surface area contributed by atoms with E-state index in [9.17, 15) is 18.3 Å². The van der Waals surface area contributed by atoms with Gasteiger partial charge in [0.2, 0.25) is 15.9 Å². The van der Waals surface area contributed by atoms with Gasteiger partial charge in [0.05, 0.1) is 17.0 Å². The van der Waals surface area contributed by atoms with Crippen LogP contribution in [0.1, 0.15) is 45.1 Å². The third kappa shape index (κ3) is 4.36. The number of nitrogens with one attached hydrogen (secondary N) is 1. The van der Waals surface area contributed by atoms with E-state index in [1.165, 1.54) is 0 Å². The van der Waals surface area contributed by atoms with Crippen molar-refractivity contribution in [2.24, 2.45) is 11.3 Å². The van der Waals surface area contributed by atoms with Crippen molar-refractivity contribution in [2.45, 2.75) is 63.5 Å². The van der Waals surface area contributed by atoms with Crippen molar-refractivity contribution in [2.75, 3.05) is 13.1 Å². The second-order valence-corrected chi connectivity index (χ2v) is 10.3. The van der Waals surface area contributed by atoms with E-state index in [4.69, 9.17) is 0 Å². The molecule has 7 heteroatoms. The molecule has 2 N–H and O–H groups in total. The van der Waals surface area contributed by atoms with E-state index in [2.05, 4.69) is 4.72 Å². The summed E-state index contributed by atoms with van der Waals surface area (Å²) in [5.41, 5.74) is 0.521. The second-order valence-electron chi connectivity index (χ2n) is 8.57. The molecule has 0 bridgehead atoms. The summed E-state index contributed by atoms with van der Waals surface area (Å²) in [6, 6.07) is 6.49. The molecule has 27 heavy (non-hydrogen) atoms. The summed E-state index contributed by atoms with van der Waals surface area (Å²) < 4.78 is 27.6. The lowest BCUT2D eigenvalue weighted by Crippen LogP contribution is -2.63. The molecule has 2 fully saturated rings. The van der Waals surface area contributed by atoms with E-state index in [1.807, 2.05) is 20.8 Å². The number of likely N-dealkylation sites (tertiary alicyclic amines) is 1. The molecular weight excluding hydrogens is 364 g/mol. The maximum Gasteiger partial charge on any atom is 0.240 e. The molecule has 0 aromatic heterocycles. The van der Waals surface area contributed by atoms with E-state index in [1.54, 1.807) is 29.2 Å². The Balaban J connectivity index is 1.55. The number of carbonyl (C=O) groups excluding carboxylic acids is 1. The number of amides is 1. The number of sulfonamides is 1. The fourth-order valence-electron chi connectivity index (χ4n) is 4.10. The van der Waals surface area contributed by atoms with Crippen LogP contribution in [0, 0.1) is 18.3 Å². The monoisotopic (exact) mass is 394 g/mol. The number of nitrogens with zero attached hydrogens (tertiary/aromatic N) is 1. The zero-order valence-electron chi connectivity index (χ0n) is 16.3. The van der Waals surface area contributed by atoms with Crippen LogP contribution in [0.3, 0.4) is 0 Å². The molecule has 0 radical (unpaired) electrons. The van der Waals surface area contributed by atoms with Gasteiger partial charge in [0.25, 0.3) is 0 Å². The summed E-state index contributed by atoms with van der Waals surface area (Å²) in [5, 5.41) is 9.69. The van der Waals surface area contributed by atoms with Crippen LogP contribution in [0.15, 0.2) is 29.2 Å². The largest absolute Gasteiger partial charge is 0.393 e. The number of rotatable bonds is 5. The lowest BCUT2D eigenvalue weighted by molar-refractivity contribution is -0.149. The van der Waals surface area contributed by atoms with Crippen molar-refractivity contribution in [3.05, 3.63) is 29.8 Å². The molecule has 1 amide bonds. The molecule has 1 heterocycles. The van der Waals surface area contributed by atoms with Crippen LogP contribution >= 0.6 is 0 Å². The molecule has 150 valence electrons. The predicted molar refractivity (Wildman–Crippen MR) is 104 cm³/mol. The van der Waals surface area contributed by atoms with Gasteiger partial charge in [-0.3, -0.25) is 4.79 Å². The second kappa shape index (κ2) is 7.53. The fourth-order valence-corrected chi connectivity index (χ4v) is 5.32. The SMILES string of the molecule is Cc1ccc(S(=O)(=O)NC2CN(C(=O)C(C)(C)C3CCC(O)CC3)C2)cc1. The van der Waals surface area contributed by atoms with Gasteiger partial charge in [-0.25, -0.2) is 13.1 Å². The third-order valence-electron chi connectivity index (χ3n) is 6.09. The Hall–Kier alpha value is -1.44. The van der Waals surface area contributed by atoms with Crippen LogP contribution in [0.2, 0.25) is 0 Å². The van der Waals surface area contributed by atoms with Gasteiger partial charge in [0, 0.05) is 18.5 Å².